The van der Waals surface area contributed by atoms with Gasteiger partial charge in [0.15, 0.2) is 0 Å². The molecule has 8 heteroatoms. The van der Waals surface area contributed by atoms with Crippen molar-refractivity contribution in [3.05, 3.63) is 0 Å². The molecule has 2 unspecified atom stereocenters. The predicted molar refractivity (Wildman–Crippen MR) is 68.1 cm³/mol. The van der Waals surface area contributed by atoms with E-state index in [4.69, 9.17) is 9.84 Å². The first-order valence-electron chi connectivity index (χ1n) is 6.70. The fourth-order valence-corrected chi connectivity index (χ4v) is 2.39. The van der Waals surface area contributed by atoms with Crippen LogP contribution in [0.4, 0.5) is 4.79 Å². The highest BCUT2D eigenvalue weighted by Gasteiger charge is 2.35. The van der Waals surface area contributed by atoms with Gasteiger partial charge in [-0.25, -0.2) is 4.79 Å². The molecule has 112 valence electrons. The van der Waals surface area contributed by atoms with E-state index in [0.717, 1.165) is 25.9 Å². The number of likely N-dealkylation sites (tertiary alicyclic amines) is 1. The van der Waals surface area contributed by atoms with E-state index in [2.05, 4.69) is 10.6 Å². The monoisotopic (exact) mass is 285 g/mol. The van der Waals surface area contributed by atoms with Gasteiger partial charge in [-0.1, -0.05) is 0 Å². The maximum absolute atomic E-state index is 11.7. The van der Waals surface area contributed by atoms with Gasteiger partial charge < -0.3 is 25.4 Å². The van der Waals surface area contributed by atoms with Gasteiger partial charge in [-0.05, 0) is 12.8 Å². The Balaban J connectivity index is 1.72. The second-order valence-electron chi connectivity index (χ2n) is 5.00. The largest absolute Gasteiger partial charge is 0.481 e. The molecule has 0 aromatic heterocycles. The number of aliphatic carboxylic acids is 1. The van der Waals surface area contributed by atoms with E-state index < -0.39 is 24.0 Å². The van der Waals surface area contributed by atoms with Crippen molar-refractivity contribution < 1.29 is 24.2 Å². The number of urea groups is 1. The number of carboxylic acid groups (broad SMARTS) is 1. The van der Waals surface area contributed by atoms with Crippen LogP contribution in [-0.4, -0.2) is 66.8 Å². The zero-order valence-corrected chi connectivity index (χ0v) is 11.1. The SMILES string of the molecule is O=C(NCC(=O)N1CCCC1)NC1COCC1C(=O)O. The van der Waals surface area contributed by atoms with Gasteiger partial charge in [0.05, 0.1) is 25.8 Å². The lowest BCUT2D eigenvalue weighted by Crippen LogP contribution is -2.49. The summed E-state index contributed by atoms with van der Waals surface area (Å²) in [4.78, 5) is 36.0. The number of hydrogen-bond donors (Lipinski definition) is 3. The summed E-state index contributed by atoms with van der Waals surface area (Å²) in [6, 6.07) is -1.10. The van der Waals surface area contributed by atoms with Crippen molar-refractivity contribution >= 4 is 17.9 Å². The van der Waals surface area contributed by atoms with Crippen molar-refractivity contribution in [1.29, 1.82) is 0 Å². The highest BCUT2D eigenvalue weighted by atomic mass is 16.5. The van der Waals surface area contributed by atoms with Crippen LogP contribution in [0.2, 0.25) is 0 Å². The summed E-state index contributed by atoms with van der Waals surface area (Å²) in [5, 5.41) is 13.9. The Bertz CT molecular complexity index is 395. The molecule has 3 N–H and O–H groups in total. The molecular formula is C12H19N3O5. The molecule has 2 aliphatic rings. The summed E-state index contributed by atoms with van der Waals surface area (Å²) < 4.78 is 5.04. The fraction of sp³-hybridized carbons (Fsp3) is 0.750. The standard InChI is InChI=1S/C12H19N3O5/c16-10(15-3-1-2-4-15)5-13-12(19)14-9-7-20-6-8(9)11(17)18/h8-9H,1-7H2,(H,17,18)(H2,13,14,19). The van der Waals surface area contributed by atoms with Gasteiger partial charge in [0.1, 0.15) is 5.92 Å². The molecule has 20 heavy (non-hydrogen) atoms. The van der Waals surface area contributed by atoms with Crippen LogP contribution in [-0.2, 0) is 14.3 Å². The Morgan fingerprint density at radius 1 is 1.20 bits per heavy atom. The molecule has 2 atom stereocenters. The van der Waals surface area contributed by atoms with Gasteiger partial charge in [-0.3, -0.25) is 9.59 Å². The third kappa shape index (κ3) is 3.60. The molecule has 0 radical (unpaired) electrons. The van der Waals surface area contributed by atoms with Crippen LogP contribution in [0.15, 0.2) is 0 Å². The van der Waals surface area contributed by atoms with Gasteiger partial charge in [0.25, 0.3) is 0 Å². The molecule has 0 aromatic carbocycles. The Labute approximate surface area is 116 Å². The van der Waals surface area contributed by atoms with Gasteiger partial charge in [0, 0.05) is 13.1 Å². The first-order chi connectivity index (χ1) is 9.58. The molecule has 2 rings (SSSR count). The molecule has 2 fully saturated rings. The molecule has 0 spiro atoms. The second kappa shape index (κ2) is 6.56. The highest BCUT2D eigenvalue weighted by Crippen LogP contribution is 2.13. The summed E-state index contributed by atoms with van der Waals surface area (Å²) >= 11 is 0. The Morgan fingerprint density at radius 2 is 1.90 bits per heavy atom. The number of carbonyl (C=O) groups excluding carboxylic acids is 2. The van der Waals surface area contributed by atoms with Crippen molar-refractivity contribution in [3.8, 4) is 0 Å². The first kappa shape index (κ1) is 14.6. The summed E-state index contributed by atoms with van der Waals surface area (Å²) in [7, 11) is 0. The van der Waals surface area contributed by atoms with Crippen LogP contribution in [0, 0.1) is 5.92 Å². The van der Waals surface area contributed by atoms with Crippen LogP contribution in [0.25, 0.3) is 0 Å². The van der Waals surface area contributed by atoms with Crippen molar-refractivity contribution in [2.75, 3.05) is 32.8 Å². The van der Waals surface area contributed by atoms with Gasteiger partial charge in [-0.2, -0.15) is 0 Å². The smallest absolute Gasteiger partial charge is 0.315 e. The van der Waals surface area contributed by atoms with Gasteiger partial charge in [-0.15, -0.1) is 0 Å². The zero-order chi connectivity index (χ0) is 14.5. The minimum Gasteiger partial charge on any atom is -0.481 e. The fourth-order valence-electron chi connectivity index (χ4n) is 2.39. The topological polar surface area (TPSA) is 108 Å². The van der Waals surface area contributed by atoms with Crippen molar-refractivity contribution in [2.24, 2.45) is 5.92 Å². The van der Waals surface area contributed by atoms with E-state index in [1.54, 1.807) is 4.90 Å². The maximum atomic E-state index is 11.7. The normalized spacial score (nSPS) is 25.5. The quantitative estimate of drug-likeness (QED) is 0.614. The van der Waals surface area contributed by atoms with Gasteiger partial charge >= 0.3 is 12.0 Å². The van der Waals surface area contributed by atoms with Crippen LogP contribution < -0.4 is 10.6 Å². The lowest BCUT2D eigenvalue weighted by atomic mass is 10.0. The number of rotatable bonds is 4. The number of hydrogen-bond acceptors (Lipinski definition) is 4. The van der Waals surface area contributed by atoms with Crippen molar-refractivity contribution in [3.63, 3.8) is 0 Å². The van der Waals surface area contributed by atoms with E-state index in [1.807, 2.05) is 0 Å². The van der Waals surface area contributed by atoms with Crippen LogP contribution in [0.3, 0.4) is 0 Å². The van der Waals surface area contributed by atoms with Crippen LogP contribution in [0.5, 0.6) is 0 Å². The Morgan fingerprint density at radius 3 is 2.55 bits per heavy atom. The average molecular weight is 285 g/mol. The molecular weight excluding hydrogens is 266 g/mol. The molecule has 8 nitrogen and oxygen atoms in total. The number of nitrogens with zero attached hydrogens (tertiary/aromatic N) is 1. The van der Waals surface area contributed by atoms with E-state index in [-0.39, 0.29) is 25.7 Å². The zero-order valence-electron chi connectivity index (χ0n) is 11.1. The molecule has 0 bridgehead atoms. The molecule has 2 aliphatic heterocycles. The second-order valence-corrected chi connectivity index (χ2v) is 5.00. The number of carbonyl (C=O) groups is 3. The summed E-state index contributed by atoms with van der Waals surface area (Å²) in [6.07, 6.45) is 2.00. The molecule has 2 heterocycles. The molecule has 0 aliphatic carbocycles. The number of nitrogens with one attached hydrogen (secondary N) is 2. The summed E-state index contributed by atoms with van der Waals surface area (Å²) in [5.74, 6) is -1.86. The summed E-state index contributed by atoms with van der Waals surface area (Å²) in [6.45, 7) is 1.66. The van der Waals surface area contributed by atoms with Crippen LogP contribution >= 0.6 is 0 Å². The van der Waals surface area contributed by atoms with E-state index >= 15 is 0 Å². The maximum Gasteiger partial charge on any atom is 0.315 e. The number of ether oxygens (including phenoxy) is 1. The van der Waals surface area contributed by atoms with Crippen molar-refractivity contribution in [1.82, 2.24) is 15.5 Å². The lowest BCUT2D eigenvalue weighted by Gasteiger charge is -2.18. The average Bonchev–Trinajstić information content (AvgIpc) is 3.06. The Hall–Kier alpha value is -1.83. The van der Waals surface area contributed by atoms with E-state index in [0.29, 0.717) is 0 Å². The molecule has 2 saturated heterocycles. The molecule has 0 saturated carbocycles. The number of amides is 3. The lowest BCUT2D eigenvalue weighted by molar-refractivity contribution is -0.142. The van der Waals surface area contributed by atoms with E-state index in [1.165, 1.54) is 0 Å². The minimum absolute atomic E-state index is 0.0723. The first-order valence-corrected chi connectivity index (χ1v) is 6.70. The van der Waals surface area contributed by atoms with Crippen molar-refractivity contribution in [2.45, 2.75) is 18.9 Å². The Kier molecular flexibility index (Phi) is 4.78. The third-order valence-corrected chi connectivity index (χ3v) is 3.57. The van der Waals surface area contributed by atoms with E-state index in [9.17, 15) is 14.4 Å². The minimum atomic E-state index is -0.999. The van der Waals surface area contributed by atoms with Gasteiger partial charge in [0.2, 0.25) is 5.91 Å². The summed E-state index contributed by atoms with van der Waals surface area (Å²) in [5.41, 5.74) is 0. The third-order valence-electron chi connectivity index (χ3n) is 3.57. The number of carboxylic acids is 1. The highest BCUT2D eigenvalue weighted by molar-refractivity contribution is 5.84. The van der Waals surface area contributed by atoms with Crippen LogP contribution in [0.1, 0.15) is 12.8 Å². The molecule has 3 amide bonds. The predicted octanol–water partition coefficient (Wildman–Crippen LogP) is -0.992. The molecule has 0 aromatic rings.